The molecule has 4 nitrogen and oxygen atoms in total. The minimum Gasteiger partial charge on any atom is -0.398 e. The lowest BCUT2D eigenvalue weighted by Crippen LogP contribution is -2.48. The standard InChI is InChI=1S/C19H22FN3O/c1-13-11-14(20)8-9-18(13)23-10-4-5-15(12-23)22-19(24)16-6-2-3-7-17(16)21/h2-3,6-9,11,15H,4-5,10,12,21H2,1H3,(H,22,24). The van der Waals surface area contributed by atoms with Crippen molar-refractivity contribution in [3.05, 3.63) is 59.4 Å². The fraction of sp³-hybridized carbons (Fsp3) is 0.316. The van der Waals surface area contributed by atoms with Gasteiger partial charge in [-0.15, -0.1) is 0 Å². The van der Waals surface area contributed by atoms with Gasteiger partial charge in [0.15, 0.2) is 0 Å². The lowest BCUT2D eigenvalue weighted by atomic mass is 10.0. The number of carbonyl (C=O) groups is 1. The van der Waals surface area contributed by atoms with E-state index in [1.165, 1.54) is 6.07 Å². The number of nitrogens with one attached hydrogen (secondary N) is 1. The van der Waals surface area contributed by atoms with Gasteiger partial charge >= 0.3 is 0 Å². The molecule has 1 heterocycles. The third-order valence-corrected chi connectivity index (χ3v) is 4.46. The van der Waals surface area contributed by atoms with Gasteiger partial charge in [0.1, 0.15) is 5.82 Å². The van der Waals surface area contributed by atoms with E-state index >= 15 is 0 Å². The molecule has 0 radical (unpaired) electrons. The zero-order valence-electron chi connectivity index (χ0n) is 13.8. The summed E-state index contributed by atoms with van der Waals surface area (Å²) in [5.41, 5.74) is 8.80. The van der Waals surface area contributed by atoms with Crippen molar-refractivity contribution in [1.82, 2.24) is 5.32 Å². The van der Waals surface area contributed by atoms with Crippen molar-refractivity contribution in [2.75, 3.05) is 23.7 Å². The van der Waals surface area contributed by atoms with Gasteiger partial charge in [-0.2, -0.15) is 0 Å². The lowest BCUT2D eigenvalue weighted by Gasteiger charge is -2.35. The number of carbonyl (C=O) groups excluding carboxylic acids is 1. The molecule has 3 N–H and O–H groups in total. The summed E-state index contributed by atoms with van der Waals surface area (Å²) in [4.78, 5) is 14.6. The molecule has 0 aromatic heterocycles. The van der Waals surface area contributed by atoms with Gasteiger partial charge in [-0.1, -0.05) is 12.1 Å². The molecule has 1 saturated heterocycles. The Kier molecular flexibility index (Phi) is 4.69. The van der Waals surface area contributed by atoms with Crippen LogP contribution >= 0.6 is 0 Å². The Balaban J connectivity index is 1.70. The first-order chi connectivity index (χ1) is 11.5. The van der Waals surface area contributed by atoms with E-state index in [1.54, 1.807) is 24.3 Å². The summed E-state index contributed by atoms with van der Waals surface area (Å²) in [6, 6.07) is 12.0. The Hall–Kier alpha value is -2.56. The highest BCUT2D eigenvalue weighted by molar-refractivity contribution is 5.99. The molecule has 2 aromatic carbocycles. The molecular formula is C19H22FN3O. The fourth-order valence-corrected chi connectivity index (χ4v) is 3.25. The van der Waals surface area contributed by atoms with Crippen molar-refractivity contribution >= 4 is 17.3 Å². The smallest absolute Gasteiger partial charge is 0.253 e. The molecule has 5 heteroatoms. The predicted molar refractivity (Wildman–Crippen MR) is 94.7 cm³/mol. The Morgan fingerprint density at radius 3 is 2.83 bits per heavy atom. The van der Waals surface area contributed by atoms with Crippen LogP contribution in [0, 0.1) is 12.7 Å². The number of benzene rings is 2. The molecule has 1 amide bonds. The molecule has 24 heavy (non-hydrogen) atoms. The summed E-state index contributed by atoms with van der Waals surface area (Å²) < 4.78 is 13.3. The van der Waals surface area contributed by atoms with Crippen LogP contribution < -0.4 is 16.0 Å². The summed E-state index contributed by atoms with van der Waals surface area (Å²) in [5, 5.41) is 3.07. The molecule has 0 aliphatic carbocycles. The van der Waals surface area contributed by atoms with Crippen LogP contribution in [0.15, 0.2) is 42.5 Å². The molecule has 0 bridgehead atoms. The third-order valence-electron chi connectivity index (χ3n) is 4.46. The molecule has 1 atom stereocenters. The lowest BCUT2D eigenvalue weighted by molar-refractivity contribution is 0.0934. The van der Waals surface area contributed by atoms with Crippen molar-refractivity contribution < 1.29 is 9.18 Å². The number of nitrogen functional groups attached to an aromatic ring is 1. The summed E-state index contributed by atoms with van der Waals surface area (Å²) in [6.07, 6.45) is 1.90. The van der Waals surface area contributed by atoms with Crippen molar-refractivity contribution in [3.8, 4) is 0 Å². The Bertz CT molecular complexity index is 747. The van der Waals surface area contributed by atoms with E-state index in [1.807, 2.05) is 19.1 Å². The van der Waals surface area contributed by atoms with Crippen LogP contribution in [-0.2, 0) is 0 Å². The van der Waals surface area contributed by atoms with E-state index in [4.69, 9.17) is 5.73 Å². The largest absolute Gasteiger partial charge is 0.398 e. The minimum atomic E-state index is -0.224. The first-order valence-corrected chi connectivity index (χ1v) is 8.21. The molecule has 1 aliphatic rings. The Labute approximate surface area is 141 Å². The van der Waals surface area contributed by atoms with Crippen LogP contribution in [0.4, 0.5) is 15.8 Å². The maximum absolute atomic E-state index is 13.3. The van der Waals surface area contributed by atoms with E-state index in [-0.39, 0.29) is 17.8 Å². The second-order valence-electron chi connectivity index (χ2n) is 6.28. The number of halogens is 1. The van der Waals surface area contributed by atoms with Crippen LogP contribution in [0.1, 0.15) is 28.8 Å². The Morgan fingerprint density at radius 2 is 2.08 bits per heavy atom. The van der Waals surface area contributed by atoms with E-state index in [9.17, 15) is 9.18 Å². The minimum absolute atomic E-state index is 0.0512. The van der Waals surface area contributed by atoms with Crippen LogP contribution in [0.25, 0.3) is 0 Å². The van der Waals surface area contributed by atoms with Crippen LogP contribution in [0.2, 0.25) is 0 Å². The molecule has 2 aromatic rings. The summed E-state index contributed by atoms with van der Waals surface area (Å²) >= 11 is 0. The normalized spacial score (nSPS) is 17.6. The molecule has 1 unspecified atom stereocenters. The van der Waals surface area contributed by atoms with Crippen molar-refractivity contribution in [3.63, 3.8) is 0 Å². The van der Waals surface area contributed by atoms with E-state index in [0.29, 0.717) is 17.8 Å². The second kappa shape index (κ2) is 6.91. The highest BCUT2D eigenvalue weighted by Crippen LogP contribution is 2.24. The number of nitrogens with zero attached hydrogens (tertiary/aromatic N) is 1. The molecule has 0 spiro atoms. The van der Waals surface area contributed by atoms with Gasteiger partial charge in [-0.05, 0) is 55.7 Å². The molecular weight excluding hydrogens is 305 g/mol. The van der Waals surface area contributed by atoms with Crippen LogP contribution in [0.3, 0.4) is 0 Å². The number of nitrogens with two attached hydrogens (primary N) is 1. The second-order valence-corrected chi connectivity index (χ2v) is 6.28. The molecule has 3 rings (SSSR count). The zero-order valence-corrected chi connectivity index (χ0v) is 13.8. The SMILES string of the molecule is Cc1cc(F)ccc1N1CCCC(NC(=O)c2ccccc2N)C1. The number of para-hydroxylation sites is 1. The zero-order chi connectivity index (χ0) is 17.1. The first-order valence-electron chi connectivity index (χ1n) is 8.21. The van der Waals surface area contributed by atoms with Crippen molar-refractivity contribution in [2.45, 2.75) is 25.8 Å². The number of hydrogen-bond acceptors (Lipinski definition) is 3. The fourth-order valence-electron chi connectivity index (χ4n) is 3.25. The van der Waals surface area contributed by atoms with Crippen molar-refractivity contribution in [1.29, 1.82) is 0 Å². The maximum Gasteiger partial charge on any atom is 0.253 e. The number of aryl methyl sites for hydroxylation is 1. The van der Waals surface area contributed by atoms with Gasteiger partial charge in [0.25, 0.3) is 5.91 Å². The van der Waals surface area contributed by atoms with Crippen molar-refractivity contribution in [2.24, 2.45) is 0 Å². The van der Waals surface area contributed by atoms with Gasteiger partial charge < -0.3 is 16.0 Å². The number of amides is 1. The number of piperidine rings is 1. The number of rotatable bonds is 3. The monoisotopic (exact) mass is 327 g/mol. The third kappa shape index (κ3) is 3.50. The first kappa shape index (κ1) is 16.3. The van der Waals surface area contributed by atoms with Gasteiger partial charge in [0, 0.05) is 30.5 Å². The average molecular weight is 327 g/mol. The quantitative estimate of drug-likeness (QED) is 0.852. The van der Waals surface area contributed by atoms with Crippen LogP contribution in [-0.4, -0.2) is 25.0 Å². The highest BCUT2D eigenvalue weighted by atomic mass is 19.1. The molecule has 1 fully saturated rings. The number of hydrogen-bond donors (Lipinski definition) is 2. The van der Waals surface area contributed by atoms with Gasteiger partial charge in [0.05, 0.1) is 5.56 Å². The predicted octanol–water partition coefficient (Wildman–Crippen LogP) is 3.12. The molecule has 0 saturated carbocycles. The molecule has 126 valence electrons. The summed E-state index contributed by atoms with van der Waals surface area (Å²) in [5.74, 6) is -0.367. The summed E-state index contributed by atoms with van der Waals surface area (Å²) in [7, 11) is 0. The van der Waals surface area contributed by atoms with Gasteiger partial charge in [-0.25, -0.2) is 4.39 Å². The average Bonchev–Trinajstić information content (AvgIpc) is 2.55. The Morgan fingerprint density at radius 1 is 1.29 bits per heavy atom. The van der Waals surface area contributed by atoms with Crippen LogP contribution in [0.5, 0.6) is 0 Å². The summed E-state index contributed by atoms with van der Waals surface area (Å²) in [6.45, 7) is 3.53. The topological polar surface area (TPSA) is 58.4 Å². The number of anilines is 2. The highest BCUT2D eigenvalue weighted by Gasteiger charge is 2.23. The van der Waals surface area contributed by atoms with E-state index < -0.39 is 0 Å². The van der Waals surface area contributed by atoms with E-state index in [2.05, 4.69) is 10.2 Å². The van der Waals surface area contributed by atoms with E-state index in [0.717, 1.165) is 30.6 Å². The van der Waals surface area contributed by atoms with Gasteiger partial charge in [-0.3, -0.25) is 4.79 Å². The van der Waals surface area contributed by atoms with Gasteiger partial charge in [0.2, 0.25) is 0 Å². The molecule has 1 aliphatic heterocycles. The maximum atomic E-state index is 13.3.